The van der Waals surface area contributed by atoms with Crippen molar-refractivity contribution in [3.05, 3.63) is 106 Å². The fraction of sp³-hybridized carbons (Fsp3) is 0.0435. The number of aromatic hydroxyl groups is 1. The van der Waals surface area contributed by atoms with Gasteiger partial charge >= 0.3 is 0 Å². The number of aliphatic hydroxyl groups is 1. The highest BCUT2D eigenvalue weighted by Crippen LogP contribution is 2.42. The molecule has 0 unspecified atom stereocenters. The Morgan fingerprint density at radius 1 is 0.903 bits per heavy atom. The second kappa shape index (κ2) is 7.75. The maximum Gasteiger partial charge on any atom is 0.300 e. The van der Waals surface area contributed by atoms with Crippen molar-refractivity contribution in [1.29, 1.82) is 0 Å². The summed E-state index contributed by atoms with van der Waals surface area (Å²) in [6.07, 6.45) is 0. The quantitative estimate of drug-likeness (QED) is 0.219. The Hall–Kier alpha value is -4.46. The van der Waals surface area contributed by atoms with Crippen LogP contribution in [-0.2, 0) is 9.59 Å². The molecular formula is C23H16N2O6. The lowest BCUT2D eigenvalue weighted by molar-refractivity contribution is -0.384. The zero-order valence-corrected chi connectivity index (χ0v) is 16.0. The van der Waals surface area contributed by atoms with E-state index < -0.39 is 22.7 Å². The van der Waals surface area contributed by atoms with Gasteiger partial charge in [0, 0.05) is 23.4 Å². The van der Waals surface area contributed by atoms with E-state index in [9.17, 15) is 29.9 Å². The highest BCUT2D eigenvalue weighted by atomic mass is 16.6. The van der Waals surface area contributed by atoms with E-state index in [0.717, 1.165) is 0 Å². The third-order valence-corrected chi connectivity index (χ3v) is 5.04. The van der Waals surface area contributed by atoms with Crippen LogP contribution in [0.5, 0.6) is 5.75 Å². The molecule has 2 N–H and O–H groups in total. The number of hydrogen-bond acceptors (Lipinski definition) is 6. The molecule has 1 aliphatic heterocycles. The molecule has 1 amide bonds. The van der Waals surface area contributed by atoms with Crippen molar-refractivity contribution in [2.75, 3.05) is 4.90 Å². The van der Waals surface area contributed by atoms with Crippen LogP contribution in [0.2, 0.25) is 0 Å². The number of rotatable bonds is 4. The number of phenols is 1. The van der Waals surface area contributed by atoms with Crippen LogP contribution >= 0.6 is 0 Å². The normalized spacial score (nSPS) is 17.7. The topological polar surface area (TPSA) is 121 Å². The smallest absolute Gasteiger partial charge is 0.300 e. The number of non-ortho nitro benzene ring substituents is 1. The number of amides is 1. The number of carbonyl (C=O) groups excluding carboxylic acids is 2. The number of ketones is 1. The number of Topliss-reactive ketones (excluding diaryl/α,β-unsaturated/α-hetero) is 1. The van der Waals surface area contributed by atoms with E-state index in [0.29, 0.717) is 16.8 Å². The summed E-state index contributed by atoms with van der Waals surface area (Å²) in [5.41, 5.74) is 0.829. The lowest BCUT2D eigenvalue weighted by atomic mass is 9.95. The summed E-state index contributed by atoms with van der Waals surface area (Å²) in [7, 11) is 0. The molecule has 1 fully saturated rings. The van der Waals surface area contributed by atoms with Crippen molar-refractivity contribution < 1.29 is 24.7 Å². The Morgan fingerprint density at radius 3 is 2.10 bits per heavy atom. The molecule has 8 heteroatoms. The molecule has 4 rings (SSSR count). The Kier molecular flexibility index (Phi) is 4.96. The molecule has 154 valence electrons. The van der Waals surface area contributed by atoms with E-state index in [1.807, 2.05) is 0 Å². The Labute approximate surface area is 176 Å². The molecule has 0 bridgehead atoms. The minimum Gasteiger partial charge on any atom is -0.508 e. The molecular weight excluding hydrogens is 400 g/mol. The van der Waals surface area contributed by atoms with Crippen molar-refractivity contribution in [2.45, 2.75) is 6.04 Å². The third kappa shape index (κ3) is 3.51. The number of carbonyl (C=O) groups is 2. The van der Waals surface area contributed by atoms with Gasteiger partial charge < -0.3 is 10.2 Å². The first-order valence-electron chi connectivity index (χ1n) is 9.28. The van der Waals surface area contributed by atoms with Crippen LogP contribution in [0.4, 0.5) is 11.4 Å². The van der Waals surface area contributed by atoms with Crippen LogP contribution in [0, 0.1) is 10.1 Å². The monoisotopic (exact) mass is 416 g/mol. The number of aliphatic hydroxyl groups excluding tert-OH is 1. The van der Waals surface area contributed by atoms with Gasteiger partial charge in [0.15, 0.2) is 0 Å². The molecule has 0 saturated carbocycles. The van der Waals surface area contributed by atoms with Crippen molar-refractivity contribution in [3.8, 4) is 5.75 Å². The van der Waals surface area contributed by atoms with Gasteiger partial charge in [0.1, 0.15) is 11.5 Å². The van der Waals surface area contributed by atoms with Crippen LogP contribution in [0.3, 0.4) is 0 Å². The van der Waals surface area contributed by atoms with E-state index in [1.54, 1.807) is 30.3 Å². The van der Waals surface area contributed by atoms with Crippen molar-refractivity contribution in [3.63, 3.8) is 0 Å². The summed E-state index contributed by atoms with van der Waals surface area (Å²) < 4.78 is 0. The van der Waals surface area contributed by atoms with Gasteiger partial charge in [-0.25, -0.2) is 0 Å². The molecule has 0 aromatic heterocycles. The number of nitro groups is 1. The first-order chi connectivity index (χ1) is 14.9. The predicted octanol–water partition coefficient (Wildman–Crippen LogP) is 3.93. The molecule has 3 aromatic carbocycles. The van der Waals surface area contributed by atoms with Gasteiger partial charge in [0.05, 0.1) is 16.5 Å². The van der Waals surface area contributed by atoms with Crippen LogP contribution in [0.15, 0.2) is 84.4 Å². The van der Waals surface area contributed by atoms with Crippen LogP contribution in [0.1, 0.15) is 17.2 Å². The lowest BCUT2D eigenvalue weighted by Crippen LogP contribution is -2.29. The average Bonchev–Trinajstić information content (AvgIpc) is 3.05. The lowest BCUT2D eigenvalue weighted by Gasteiger charge is -2.25. The van der Waals surface area contributed by atoms with E-state index in [4.69, 9.17) is 0 Å². The van der Waals surface area contributed by atoms with Crippen molar-refractivity contribution in [2.24, 2.45) is 0 Å². The Bertz CT molecular complexity index is 1200. The van der Waals surface area contributed by atoms with Crippen molar-refractivity contribution in [1.82, 2.24) is 0 Å². The predicted molar refractivity (Wildman–Crippen MR) is 112 cm³/mol. The molecule has 1 aliphatic rings. The summed E-state index contributed by atoms with van der Waals surface area (Å²) in [6, 6.07) is 18.5. The molecule has 3 aromatic rings. The fourth-order valence-electron chi connectivity index (χ4n) is 3.56. The minimum absolute atomic E-state index is 0.0171. The van der Waals surface area contributed by atoms with Gasteiger partial charge in [-0.1, -0.05) is 30.3 Å². The number of anilines is 1. The molecule has 8 nitrogen and oxygen atoms in total. The Morgan fingerprint density at radius 2 is 1.52 bits per heavy atom. The number of nitrogens with zero attached hydrogens (tertiary/aromatic N) is 2. The van der Waals surface area contributed by atoms with Gasteiger partial charge in [-0.15, -0.1) is 0 Å². The van der Waals surface area contributed by atoms with Crippen LogP contribution in [-0.4, -0.2) is 26.8 Å². The summed E-state index contributed by atoms with van der Waals surface area (Å²) in [4.78, 5) is 37.6. The molecule has 0 aliphatic carbocycles. The van der Waals surface area contributed by atoms with E-state index in [2.05, 4.69) is 0 Å². The summed E-state index contributed by atoms with van der Waals surface area (Å²) in [6.45, 7) is 0. The maximum atomic E-state index is 13.0. The SMILES string of the molecule is O=C1C(=O)N(c2ccc(O)cc2)[C@@H](c2ccc([N+](=O)[O-])cc2)/C1=C(\O)c1ccccc1. The zero-order chi connectivity index (χ0) is 22.1. The number of hydrogen-bond donors (Lipinski definition) is 2. The molecule has 1 saturated heterocycles. The number of phenolic OH excluding ortho intramolecular Hbond substituents is 1. The van der Waals surface area contributed by atoms with Crippen LogP contribution in [0.25, 0.3) is 5.76 Å². The van der Waals surface area contributed by atoms with Gasteiger partial charge in [-0.3, -0.25) is 24.6 Å². The van der Waals surface area contributed by atoms with E-state index in [1.165, 1.54) is 53.4 Å². The summed E-state index contributed by atoms with van der Waals surface area (Å²) in [5.74, 6) is -2.09. The third-order valence-electron chi connectivity index (χ3n) is 5.04. The highest BCUT2D eigenvalue weighted by Gasteiger charge is 2.47. The number of nitro benzene ring substituents is 1. The van der Waals surface area contributed by atoms with Crippen LogP contribution < -0.4 is 4.90 Å². The molecule has 1 heterocycles. The van der Waals surface area contributed by atoms with Gasteiger partial charge in [0.25, 0.3) is 17.4 Å². The van der Waals surface area contributed by atoms with Crippen molar-refractivity contribution >= 4 is 28.8 Å². The van der Waals surface area contributed by atoms with Gasteiger partial charge in [0.2, 0.25) is 0 Å². The number of benzene rings is 3. The van der Waals surface area contributed by atoms with E-state index >= 15 is 0 Å². The summed E-state index contributed by atoms with van der Waals surface area (Å²) in [5, 5.41) is 31.5. The standard InChI is InChI=1S/C23H16N2O6/c26-18-12-10-16(11-13-18)24-20(14-6-8-17(9-7-14)25(30)31)19(22(28)23(24)29)21(27)15-4-2-1-3-5-15/h1-13,20,26-27H/b21-19+/t20-/m0/s1. The first kappa shape index (κ1) is 19.8. The molecule has 0 spiro atoms. The molecule has 0 radical (unpaired) electrons. The fourth-order valence-corrected chi connectivity index (χ4v) is 3.56. The largest absolute Gasteiger partial charge is 0.508 e. The maximum absolute atomic E-state index is 13.0. The van der Waals surface area contributed by atoms with Gasteiger partial charge in [-0.05, 0) is 42.0 Å². The molecule has 1 atom stereocenters. The molecule has 31 heavy (non-hydrogen) atoms. The summed E-state index contributed by atoms with van der Waals surface area (Å²) >= 11 is 0. The van der Waals surface area contributed by atoms with E-state index in [-0.39, 0.29) is 22.8 Å². The average molecular weight is 416 g/mol. The zero-order valence-electron chi connectivity index (χ0n) is 16.0. The highest BCUT2D eigenvalue weighted by molar-refractivity contribution is 6.51. The Balaban J connectivity index is 1.93. The second-order valence-electron chi connectivity index (χ2n) is 6.90. The second-order valence-corrected chi connectivity index (χ2v) is 6.90. The minimum atomic E-state index is -1.01. The first-order valence-corrected chi connectivity index (χ1v) is 9.28. The van der Waals surface area contributed by atoms with Gasteiger partial charge in [-0.2, -0.15) is 0 Å².